The first kappa shape index (κ1) is 13.1. The zero-order chi connectivity index (χ0) is 13.4. The minimum Gasteiger partial charge on any atom is -0.338 e. The van der Waals surface area contributed by atoms with Crippen LogP contribution in [0.4, 0.5) is 0 Å². The normalized spacial score (nSPS) is 26.5. The number of nitrogens with two attached hydrogens (primary N) is 1. The number of carbonyl (C=O) groups is 1. The van der Waals surface area contributed by atoms with Gasteiger partial charge >= 0.3 is 0 Å². The highest BCUT2D eigenvalue weighted by atomic mass is 32.1. The summed E-state index contributed by atoms with van der Waals surface area (Å²) in [7, 11) is 0. The van der Waals surface area contributed by atoms with Crippen molar-refractivity contribution in [3.05, 3.63) is 21.4 Å². The fraction of sp³-hybridized carbons (Fsp3) is 0.667. The number of hydrogen-bond donors (Lipinski definition) is 1. The summed E-state index contributed by atoms with van der Waals surface area (Å²) in [4.78, 5) is 17.0. The van der Waals surface area contributed by atoms with Crippen LogP contribution in [0, 0.1) is 11.8 Å². The van der Waals surface area contributed by atoms with E-state index >= 15 is 0 Å². The molecule has 1 fully saturated rings. The van der Waals surface area contributed by atoms with Crippen molar-refractivity contribution in [1.29, 1.82) is 0 Å². The van der Waals surface area contributed by atoms with Crippen molar-refractivity contribution in [2.45, 2.75) is 32.6 Å². The maximum Gasteiger partial charge on any atom is 0.263 e. The SMILES string of the molecule is CC1CCN(C(=O)c2cc3c(s2)CCC3)CC1CN. The van der Waals surface area contributed by atoms with Crippen LogP contribution < -0.4 is 5.73 Å². The van der Waals surface area contributed by atoms with Gasteiger partial charge in [-0.15, -0.1) is 11.3 Å². The molecule has 1 saturated heterocycles. The van der Waals surface area contributed by atoms with Gasteiger partial charge in [-0.05, 0) is 55.7 Å². The number of rotatable bonds is 2. The molecular weight excluding hydrogens is 256 g/mol. The maximum atomic E-state index is 12.6. The Morgan fingerprint density at radius 3 is 3.11 bits per heavy atom. The Hall–Kier alpha value is -0.870. The number of fused-ring (bicyclic) bond motifs is 1. The smallest absolute Gasteiger partial charge is 0.263 e. The van der Waals surface area contributed by atoms with Gasteiger partial charge in [0.15, 0.2) is 0 Å². The molecule has 3 nitrogen and oxygen atoms in total. The van der Waals surface area contributed by atoms with E-state index in [1.807, 2.05) is 4.90 Å². The third-order valence-electron chi connectivity index (χ3n) is 4.66. The van der Waals surface area contributed by atoms with Gasteiger partial charge in [0.1, 0.15) is 0 Å². The van der Waals surface area contributed by atoms with Crippen LogP contribution in [0.3, 0.4) is 0 Å². The quantitative estimate of drug-likeness (QED) is 0.902. The summed E-state index contributed by atoms with van der Waals surface area (Å²) in [6, 6.07) is 2.13. The van der Waals surface area contributed by atoms with Crippen molar-refractivity contribution in [2.75, 3.05) is 19.6 Å². The molecule has 1 aliphatic heterocycles. The summed E-state index contributed by atoms with van der Waals surface area (Å²) < 4.78 is 0. The van der Waals surface area contributed by atoms with Crippen molar-refractivity contribution in [1.82, 2.24) is 4.90 Å². The van der Waals surface area contributed by atoms with Crippen molar-refractivity contribution in [3.8, 4) is 0 Å². The minimum atomic E-state index is 0.227. The van der Waals surface area contributed by atoms with Crippen molar-refractivity contribution < 1.29 is 4.79 Å². The molecule has 0 radical (unpaired) electrons. The van der Waals surface area contributed by atoms with Crippen LogP contribution in [0.1, 0.15) is 39.9 Å². The van der Waals surface area contributed by atoms with Crippen molar-refractivity contribution in [2.24, 2.45) is 17.6 Å². The molecule has 4 heteroatoms. The number of piperidine rings is 1. The predicted molar refractivity (Wildman–Crippen MR) is 78.6 cm³/mol. The van der Waals surface area contributed by atoms with Crippen LogP contribution in [0.5, 0.6) is 0 Å². The highest BCUT2D eigenvalue weighted by Gasteiger charge is 2.29. The number of nitrogens with zero attached hydrogens (tertiary/aromatic N) is 1. The standard InChI is InChI=1S/C15H22N2OS/c1-10-5-6-17(9-12(10)8-16)15(18)14-7-11-3-2-4-13(11)19-14/h7,10,12H,2-6,8-9,16H2,1H3. The Labute approximate surface area is 118 Å². The third kappa shape index (κ3) is 2.43. The van der Waals surface area contributed by atoms with Crippen molar-refractivity contribution in [3.63, 3.8) is 0 Å². The third-order valence-corrected chi connectivity index (χ3v) is 5.89. The first-order valence-corrected chi connectivity index (χ1v) is 8.11. The summed E-state index contributed by atoms with van der Waals surface area (Å²) in [5.41, 5.74) is 7.23. The Balaban J connectivity index is 1.73. The van der Waals surface area contributed by atoms with Gasteiger partial charge in [0.2, 0.25) is 0 Å². The van der Waals surface area contributed by atoms with Crippen LogP contribution >= 0.6 is 11.3 Å². The molecule has 2 N–H and O–H groups in total. The Bertz CT molecular complexity index is 461. The van der Waals surface area contributed by atoms with Gasteiger partial charge in [-0.3, -0.25) is 4.79 Å². The van der Waals surface area contributed by atoms with Gasteiger partial charge in [0.05, 0.1) is 4.88 Å². The molecule has 0 spiro atoms. The monoisotopic (exact) mass is 278 g/mol. The van der Waals surface area contributed by atoms with Crippen LogP contribution in [0.15, 0.2) is 6.07 Å². The van der Waals surface area contributed by atoms with E-state index in [4.69, 9.17) is 5.73 Å². The molecule has 19 heavy (non-hydrogen) atoms. The van der Waals surface area contributed by atoms with Gasteiger partial charge in [-0.2, -0.15) is 0 Å². The lowest BCUT2D eigenvalue weighted by atomic mass is 9.87. The largest absolute Gasteiger partial charge is 0.338 e. The molecule has 1 aliphatic carbocycles. The molecule has 1 amide bonds. The molecule has 2 aliphatic rings. The Morgan fingerprint density at radius 2 is 2.37 bits per heavy atom. The lowest BCUT2D eigenvalue weighted by Crippen LogP contribution is -2.45. The van der Waals surface area contributed by atoms with Crippen LogP contribution in [-0.2, 0) is 12.8 Å². The molecule has 1 aromatic heterocycles. The molecule has 2 atom stereocenters. The maximum absolute atomic E-state index is 12.6. The molecule has 0 saturated carbocycles. The molecule has 0 aromatic carbocycles. The lowest BCUT2D eigenvalue weighted by Gasteiger charge is -2.36. The fourth-order valence-corrected chi connectivity index (χ4v) is 4.45. The molecule has 2 unspecified atom stereocenters. The summed E-state index contributed by atoms with van der Waals surface area (Å²) in [5.74, 6) is 1.33. The molecule has 104 valence electrons. The molecule has 3 rings (SSSR count). The predicted octanol–water partition coefficient (Wildman–Crippen LogP) is 2.29. The van der Waals surface area contributed by atoms with E-state index in [-0.39, 0.29) is 5.91 Å². The summed E-state index contributed by atoms with van der Waals surface area (Å²) in [6.07, 6.45) is 4.65. The van der Waals surface area contributed by atoms with E-state index in [2.05, 4.69) is 13.0 Å². The minimum absolute atomic E-state index is 0.227. The molecule has 0 bridgehead atoms. The Kier molecular flexibility index (Phi) is 3.63. The van der Waals surface area contributed by atoms with Crippen molar-refractivity contribution >= 4 is 17.2 Å². The van der Waals surface area contributed by atoms with Gasteiger partial charge in [0, 0.05) is 18.0 Å². The number of thiophene rings is 1. The molecule has 2 heterocycles. The summed E-state index contributed by atoms with van der Waals surface area (Å²) in [5, 5.41) is 0. The van der Waals surface area contributed by atoms with E-state index in [9.17, 15) is 4.79 Å². The van der Waals surface area contributed by atoms with E-state index < -0.39 is 0 Å². The number of carbonyl (C=O) groups excluding carboxylic acids is 1. The van der Waals surface area contributed by atoms with E-state index in [0.717, 1.165) is 37.2 Å². The second-order valence-electron chi connectivity index (χ2n) is 5.93. The van der Waals surface area contributed by atoms with E-state index in [1.165, 1.54) is 16.9 Å². The fourth-order valence-electron chi connectivity index (χ4n) is 3.23. The zero-order valence-corrected chi connectivity index (χ0v) is 12.3. The highest BCUT2D eigenvalue weighted by molar-refractivity contribution is 7.14. The number of aryl methyl sites for hydroxylation is 2. The topological polar surface area (TPSA) is 46.3 Å². The number of amides is 1. The molecule has 1 aromatic rings. The zero-order valence-electron chi connectivity index (χ0n) is 11.5. The van der Waals surface area contributed by atoms with Crippen LogP contribution in [0.2, 0.25) is 0 Å². The first-order chi connectivity index (χ1) is 9.19. The average molecular weight is 278 g/mol. The van der Waals surface area contributed by atoms with E-state index in [1.54, 1.807) is 11.3 Å². The van der Waals surface area contributed by atoms with Crippen LogP contribution in [-0.4, -0.2) is 30.4 Å². The Morgan fingerprint density at radius 1 is 1.53 bits per heavy atom. The second kappa shape index (κ2) is 5.25. The average Bonchev–Trinajstić information content (AvgIpc) is 2.99. The van der Waals surface area contributed by atoms with Gasteiger partial charge in [-0.1, -0.05) is 6.92 Å². The van der Waals surface area contributed by atoms with Gasteiger partial charge in [-0.25, -0.2) is 0 Å². The van der Waals surface area contributed by atoms with Crippen LogP contribution in [0.25, 0.3) is 0 Å². The summed E-state index contributed by atoms with van der Waals surface area (Å²) in [6.45, 7) is 4.66. The second-order valence-corrected chi connectivity index (χ2v) is 7.06. The van der Waals surface area contributed by atoms with Gasteiger partial charge in [0.25, 0.3) is 5.91 Å². The highest BCUT2D eigenvalue weighted by Crippen LogP contribution is 2.32. The van der Waals surface area contributed by atoms with Gasteiger partial charge < -0.3 is 10.6 Å². The molecular formula is C15H22N2OS. The number of hydrogen-bond acceptors (Lipinski definition) is 3. The number of likely N-dealkylation sites (tertiary alicyclic amines) is 1. The first-order valence-electron chi connectivity index (χ1n) is 7.30. The summed E-state index contributed by atoms with van der Waals surface area (Å²) >= 11 is 1.71. The lowest BCUT2D eigenvalue weighted by molar-refractivity contribution is 0.0623. The van der Waals surface area contributed by atoms with E-state index in [0.29, 0.717) is 18.4 Å².